The second kappa shape index (κ2) is 46.8. The molecule has 114 heavy (non-hydrogen) atoms. The van der Waals surface area contributed by atoms with E-state index in [0.29, 0.717) is 61.6 Å². The Hall–Kier alpha value is -7.82. The van der Waals surface area contributed by atoms with Gasteiger partial charge in [-0.3, -0.25) is 14.4 Å². The van der Waals surface area contributed by atoms with Crippen LogP contribution in [0.3, 0.4) is 0 Å². The second-order valence-corrected chi connectivity index (χ2v) is 34.0. The minimum atomic E-state index is -3.76. The number of nitriles is 1. The first kappa shape index (κ1) is 98.5. The van der Waals surface area contributed by atoms with E-state index in [1.54, 1.807) is 47.8 Å². The number of fused-ring (bicyclic) bond motifs is 2. The molecular formula is C77H68Br2Cl4F8N4O13S6. The van der Waals surface area contributed by atoms with Gasteiger partial charge in [0.15, 0.2) is 19.7 Å². The van der Waals surface area contributed by atoms with E-state index >= 15 is 0 Å². The van der Waals surface area contributed by atoms with Gasteiger partial charge in [-0.25, -0.2) is 61.5 Å². The highest BCUT2D eigenvalue weighted by atomic mass is 79.9. The van der Waals surface area contributed by atoms with Crippen molar-refractivity contribution in [3.8, 4) is 6.07 Å². The number of aromatic carboxylic acids is 1. The summed E-state index contributed by atoms with van der Waals surface area (Å²) < 4.78 is 160. The number of amides is 2. The molecule has 11 rings (SSSR count). The Balaban J connectivity index is 0.000000313. The Morgan fingerprint density at radius 2 is 1.09 bits per heavy atom. The zero-order valence-corrected chi connectivity index (χ0v) is 71.8. The molecule has 1 aliphatic rings. The first-order chi connectivity index (χ1) is 53.1. The number of carboxylic acid groups (broad SMARTS) is 2. The molecule has 5 N–H and O–H groups in total. The third-order valence-corrected chi connectivity index (χ3v) is 22.1. The molecule has 0 unspecified atom stereocenters. The molecule has 1 aliphatic heterocycles. The summed E-state index contributed by atoms with van der Waals surface area (Å²) in [5.41, 5.74) is 9.25. The summed E-state index contributed by atoms with van der Waals surface area (Å²) in [5, 5.41) is 30.0. The predicted octanol–water partition coefficient (Wildman–Crippen LogP) is 19.6. The largest absolute Gasteiger partial charge is 0.480 e. The van der Waals surface area contributed by atoms with E-state index in [0.717, 1.165) is 85.1 Å². The van der Waals surface area contributed by atoms with Crippen LogP contribution in [-0.4, -0.2) is 125 Å². The number of hydrogen-bond acceptors (Lipinski definition) is 17. The van der Waals surface area contributed by atoms with Gasteiger partial charge in [-0.15, -0.1) is 71.1 Å². The minimum Gasteiger partial charge on any atom is -0.480 e. The number of esters is 1. The molecule has 0 radical (unpaired) electrons. The smallest absolute Gasteiger partial charge is 0.335 e. The fourth-order valence-electron chi connectivity index (χ4n) is 9.90. The molecule has 0 fully saturated rings. The number of carbonyl (C=O) groups is 5. The van der Waals surface area contributed by atoms with Crippen molar-refractivity contribution in [1.82, 2.24) is 10.2 Å². The van der Waals surface area contributed by atoms with Gasteiger partial charge in [0.1, 0.15) is 64.2 Å². The maximum absolute atomic E-state index is 14.1. The number of furan rings is 1. The van der Waals surface area contributed by atoms with Crippen LogP contribution in [0.4, 0.5) is 35.1 Å². The Morgan fingerprint density at radius 1 is 0.614 bits per heavy atom. The van der Waals surface area contributed by atoms with Gasteiger partial charge in [0, 0.05) is 83.4 Å². The van der Waals surface area contributed by atoms with Crippen molar-refractivity contribution >= 4 is 186 Å². The highest BCUT2D eigenvalue weighted by Crippen LogP contribution is 2.36. The average molecular weight is 1900 g/mol. The summed E-state index contributed by atoms with van der Waals surface area (Å²) in [7, 11) is -6.08. The SMILES string of the molecule is COC(=O)[C@@H](N)Cc1cc(F)cc(S(C)(=O)=O)c1.CS(=O)(=O)c1cc(F)cc(C[C@H](NC(=O)c2c(Cl)cc3c(c2Cl)CCN(C(=O)c2ccc4ccoc4c2)C3)C(=O)O)c1.CSc1cc(F)cc(Br)c1.CSc1cc(F)cc(C#N)c1.CSc1cc(F)cc(C(=O)O)c1.CSc1cc(F)cc(CCl)c1.Cl.Fc1cc(F)cc(Br)c1. The van der Waals surface area contributed by atoms with E-state index in [9.17, 15) is 81.0 Å². The van der Waals surface area contributed by atoms with Crippen molar-refractivity contribution in [2.24, 2.45) is 5.73 Å². The quantitative estimate of drug-likeness (QED) is 0.0285. The van der Waals surface area contributed by atoms with Crippen molar-refractivity contribution in [3.05, 3.63) is 280 Å². The summed E-state index contributed by atoms with van der Waals surface area (Å²) in [5.74, 6) is -7.86. The molecule has 2 heterocycles. The zero-order chi connectivity index (χ0) is 84.4. The second-order valence-electron chi connectivity index (χ2n) is 23.6. The lowest BCUT2D eigenvalue weighted by Crippen LogP contribution is -2.43. The topological polar surface area (TPSA) is 282 Å². The minimum absolute atomic E-state index is 0. The van der Waals surface area contributed by atoms with Crippen LogP contribution in [0.15, 0.2) is 207 Å². The summed E-state index contributed by atoms with van der Waals surface area (Å²) in [6, 6.07) is 35.1. The van der Waals surface area contributed by atoms with Crippen LogP contribution < -0.4 is 11.1 Å². The monoisotopic (exact) mass is 1900 g/mol. The number of nitrogens with two attached hydrogens (primary N) is 1. The molecule has 9 aromatic carbocycles. The van der Waals surface area contributed by atoms with Gasteiger partial charge < -0.3 is 35.3 Å². The van der Waals surface area contributed by atoms with Crippen LogP contribution in [0.25, 0.3) is 11.0 Å². The molecule has 1 aromatic heterocycles. The third-order valence-electron chi connectivity index (χ3n) is 15.2. The molecule has 0 bridgehead atoms. The molecule has 17 nitrogen and oxygen atoms in total. The van der Waals surface area contributed by atoms with Gasteiger partial charge in [0.05, 0.1) is 56.0 Å². The fourth-order valence-corrected chi connectivity index (χ4v) is 15.2. The van der Waals surface area contributed by atoms with Crippen LogP contribution in [-0.2, 0) is 65.7 Å². The molecule has 2 atom stereocenters. The summed E-state index contributed by atoms with van der Waals surface area (Å²) in [4.78, 5) is 64.4. The van der Waals surface area contributed by atoms with Gasteiger partial charge in [-0.2, -0.15) is 5.26 Å². The van der Waals surface area contributed by atoms with Gasteiger partial charge in [0.2, 0.25) is 0 Å². The molecule has 2 amide bonds. The van der Waals surface area contributed by atoms with Crippen molar-refractivity contribution in [3.63, 3.8) is 0 Å². The molecule has 0 aliphatic carbocycles. The Labute approximate surface area is 706 Å². The number of benzene rings is 9. The number of halogens is 14. The summed E-state index contributed by atoms with van der Waals surface area (Å²) >= 11 is 30.5. The number of nitrogens with zero attached hydrogens (tertiary/aromatic N) is 2. The maximum atomic E-state index is 14.1. The van der Waals surface area contributed by atoms with Crippen LogP contribution in [0.5, 0.6) is 0 Å². The van der Waals surface area contributed by atoms with E-state index in [2.05, 4.69) is 41.9 Å². The predicted molar refractivity (Wildman–Crippen MR) is 439 cm³/mol. The number of hydrogen-bond donors (Lipinski definition) is 4. The Bertz CT molecular complexity index is 5300. The lowest BCUT2D eigenvalue weighted by Gasteiger charge is -2.30. The highest BCUT2D eigenvalue weighted by Gasteiger charge is 2.31. The number of aliphatic carboxylic acids is 1. The lowest BCUT2D eigenvalue weighted by molar-refractivity contribution is -0.142. The van der Waals surface area contributed by atoms with Gasteiger partial charge in [0.25, 0.3) is 11.8 Å². The zero-order valence-electron chi connectivity index (χ0n) is 60.6. The van der Waals surface area contributed by atoms with Crippen LogP contribution in [0, 0.1) is 57.9 Å². The number of ether oxygens (including phenoxy) is 1. The highest BCUT2D eigenvalue weighted by molar-refractivity contribution is 9.10. The first-order valence-electron chi connectivity index (χ1n) is 32.1. The normalized spacial score (nSPS) is 11.7. The number of thioether (sulfide) groups is 4. The number of sulfone groups is 2. The molecule has 0 saturated carbocycles. The maximum Gasteiger partial charge on any atom is 0.335 e. The number of carbonyl (C=O) groups excluding carboxylic acids is 3. The molecule has 10 aromatic rings. The number of rotatable bonds is 17. The van der Waals surface area contributed by atoms with Gasteiger partial charge >= 0.3 is 17.9 Å². The number of alkyl halides is 1. The van der Waals surface area contributed by atoms with Crippen molar-refractivity contribution in [2.45, 2.75) is 73.1 Å². The van der Waals surface area contributed by atoms with Gasteiger partial charge in [-0.05, 0) is 211 Å². The molecule has 0 spiro atoms. The van der Waals surface area contributed by atoms with E-state index < -0.39 is 91.1 Å². The molecule has 608 valence electrons. The van der Waals surface area contributed by atoms with E-state index in [1.807, 2.05) is 37.0 Å². The van der Waals surface area contributed by atoms with E-state index in [-0.39, 0.29) is 85.3 Å². The van der Waals surface area contributed by atoms with Crippen LogP contribution in [0.1, 0.15) is 64.5 Å². The summed E-state index contributed by atoms with van der Waals surface area (Å²) in [6.45, 7) is 0.496. The summed E-state index contributed by atoms with van der Waals surface area (Å²) in [6.07, 6.45) is 10.8. The third kappa shape index (κ3) is 32.0. The van der Waals surface area contributed by atoms with Crippen molar-refractivity contribution in [1.29, 1.82) is 5.26 Å². The lowest BCUT2D eigenvalue weighted by atomic mass is 9.95. The van der Waals surface area contributed by atoms with Gasteiger partial charge in [-0.1, -0.05) is 61.1 Å². The molecule has 37 heteroatoms. The van der Waals surface area contributed by atoms with Crippen LogP contribution >= 0.6 is 126 Å². The average Bonchev–Trinajstić information content (AvgIpc) is 0.880. The van der Waals surface area contributed by atoms with Crippen molar-refractivity contribution in [2.75, 3.05) is 51.2 Å². The first-order valence-corrected chi connectivity index (χ1v) is 43.6. The fraction of sp³-hybridized carbons (Fsp3) is 0.195. The van der Waals surface area contributed by atoms with Crippen LogP contribution in [0.2, 0.25) is 10.0 Å². The molecular weight excluding hydrogens is 1830 g/mol. The van der Waals surface area contributed by atoms with E-state index in [4.69, 9.17) is 55.3 Å². The number of carboxylic acids is 2. The van der Waals surface area contributed by atoms with Crippen molar-refractivity contribution < 1.29 is 95.3 Å². The Kier molecular flexibility index (Phi) is 40.5. The number of methoxy groups -OCH3 is 1. The van der Waals surface area contributed by atoms with E-state index in [1.165, 1.54) is 127 Å². The molecule has 0 saturated heterocycles. The Morgan fingerprint density at radius 3 is 1.58 bits per heavy atom. The standard InChI is InChI=1S/C29H23Cl2FN2O7S.C11H14FNO4S.C8H8ClFS.C8H6FNS.C8H7FO2S.C7H6BrFS.C6H3BrF2.ClH/c1-42(39,40)20-9-15(8-19(32)13-20)10-23(29(37)38)33-27(35)25-22(30)11-18-14-34(6-4-21(18)26(25)31)28(36)17-3-2-16-5-7-41-24(16)12-17;1-17-11(14)10(13)5-7-3-8(12)6-9(4-7)18(2,15)16;1-11-8-3-6(5-9)2-7(10)4-8;1-11-8-3-6(5-10)2-7(9)4-8;1-12-7-3-5(8(10)11)2-6(9)4-7;1-10-7-3-5(8)2-6(9)4-7;7-4-1-5(8)3-6(9)2-4;/h2-3,5,7-9,11-13,23H,4,6,10,14H2,1H3,(H,33,35)(H,37,38);3-4,6,10H,5,13H2,1-2H3;2-4H,5H2,1H3;2-4H,1H3;2-4H,1H3,(H,10,11);2-4H,1H3;1-3H;1H/t23-;10-;;;;;;/m00....../s1. The number of nitrogens with one attached hydrogen (secondary N) is 1.